The Morgan fingerprint density at radius 2 is 1.32 bits per heavy atom. The minimum absolute atomic E-state index is 1.25. The lowest BCUT2D eigenvalue weighted by molar-refractivity contribution is 0.573. The molecule has 0 fully saturated rings. The van der Waals surface area contributed by atoms with Crippen LogP contribution >= 0.6 is 11.8 Å². The van der Waals surface area contributed by atoms with Crippen molar-refractivity contribution in [2.75, 3.05) is 5.75 Å². The molecule has 0 unspecified atom stereocenters. The van der Waals surface area contributed by atoms with Crippen molar-refractivity contribution < 1.29 is 0 Å². The molecule has 0 aromatic heterocycles. The van der Waals surface area contributed by atoms with Gasteiger partial charge in [0.2, 0.25) is 0 Å². The molecule has 22 heavy (non-hydrogen) atoms. The van der Waals surface area contributed by atoms with Gasteiger partial charge >= 0.3 is 0 Å². The van der Waals surface area contributed by atoms with E-state index in [1.807, 2.05) is 11.8 Å². The Morgan fingerprint density at radius 3 is 2.09 bits per heavy atom. The van der Waals surface area contributed by atoms with Gasteiger partial charge in [-0.3, -0.25) is 0 Å². The monoisotopic (exact) mass is 314 g/mol. The van der Waals surface area contributed by atoms with Crippen molar-refractivity contribution in [1.29, 1.82) is 0 Å². The third kappa shape index (κ3) is 6.04. The predicted molar refractivity (Wildman–Crippen MR) is 102 cm³/mol. The summed E-state index contributed by atoms with van der Waals surface area (Å²) in [6, 6.07) is 15.4. The van der Waals surface area contributed by atoms with Gasteiger partial charge in [0, 0.05) is 4.90 Å². The first-order valence-corrected chi connectivity index (χ1v) is 10.0. The lowest BCUT2D eigenvalue weighted by atomic mass is 10.1. The van der Waals surface area contributed by atoms with Gasteiger partial charge in [-0.25, -0.2) is 0 Å². The molecule has 0 nitrogen and oxygen atoms in total. The maximum absolute atomic E-state index is 2.29. The molecule has 0 saturated heterocycles. The summed E-state index contributed by atoms with van der Waals surface area (Å²) in [6.45, 7) is 2.29. The van der Waals surface area contributed by atoms with Gasteiger partial charge in [-0.1, -0.05) is 94.7 Å². The normalized spacial score (nSPS) is 11.1. The van der Waals surface area contributed by atoms with Gasteiger partial charge in [0.25, 0.3) is 0 Å². The van der Waals surface area contributed by atoms with E-state index in [1.54, 1.807) is 0 Å². The number of fused-ring (bicyclic) bond motifs is 1. The Bertz CT molecular complexity index is 527. The Labute approximate surface area is 140 Å². The predicted octanol–water partition coefficient (Wildman–Crippen LogP) is 7.46. The molecule has 0 aliphatic rings. The molecule has 2 aromatic rings. The number of hydrogen-bond acceptors (Lipinski definition) is 1. The molecule has 0 amide bonds. The summed E-state index contributed by atoms with van der Waals surface area (Å²) in [4.78, 5) is 1.44. The summed E-state index contributed by atoms with van der Waals surface area (Å²) >= 11 is 2.02. The lowest BCUT2D eigenvalue weighted by Gasteiger charge is -2.06. The van der Waals surface area contributed by atoms with Gasteiger partial charge in [-0.2, -0.15) is 0 Å². The van der Waals surface area contributed by atoms with Gasteiger partial charge < -0.3 is 0 Å². The summed E-state index contributed by atoms with van der Waals surface area (Å²) < 4.78 is 0. The van der Waals surface area contributed by atoms with Crippen LogP contribution < -0.4 is 0 Å². The molecule has 0 heterocycles. The summed E-state index contributed by atoms with van der Waals surface area (Å²) in [5.74, 6) is 1.25. The van der Waals surface area contributed by atoms with E-state index in [2.05, 4.69) is 49.4 Å². The number of benzene rings is 2. The zero-order chi connectivity index (χ0) is 15.5. The molecule has 2 aromatic carbocycles. The zero-order valence-electron chi connectivity index (χ0n) is 14.0. The van der Waals surface area contributed by atoms with Gasteiger partial charge in [0.05, 0.1) is 0 Å². The van der Waals surface area contributed by atoms with Crippen molar-refractivity contribution >= 4 is 22.5 Å². The maximum Gasteiger partial charge on any atom is 0.0150 e. The molecule has 0 spiro atoms. The molecule has 0 aliphatic heterocycles. The van der Waals surface area contributed by atoms with E-state index in [4.69, 9.17) is 0 Å². The highest BCUT2D eigenvalue weighted by Gasteiger charge is 2.00. The number of unbranched alkanes of at least 4 members (excludes halogenated alkanes) is 8. The summed E-state index contributed by atoms with van der Waals surface area (Å²) in [6.07, 6.45) is 12.7. The molecule has 1 heteroatoms. The van der Waals surface area contributed by atoms with E-state index in [-0.39, 0.29) is 0 Å². The third-order valence-corrected chi connectivity index (χ3v) is 5.41. The van der Waals surface area contributed by atoms with Crippen molar-refractivity contribution in [3.63, 3.8) is 0 Å². The molecular weight excluding hydrogens is 284 g/mol. The third-order valence-electron chi connectivity index (χ3n) is 4.26. The fourth-order valence-electron chi connectivity index (χ4n) is 2.92. The highest BCUT2D eigenvalue weighted by atomic mass is 32.2. The Balaban J connectivity index is 1.59. The van der Waals surface area contributed by atoms with Crippen LogP contribution in [0.1, 0.15) is 64.7 Å². The Hall–Kier alpha value is -0.950. The minimum Gasteiger partial charge on any atom is -0.126 e. The van der Waals surface area contributed by atoms with Crippen LogP contribution in [0.25, 0.3) is 10.8 Å². The fraction of sp³-hybridized carbons (Fsp3) is 0.524. The first-order chi connectivity index (χ1) is 10.9. The van der Waals surface area contributed by atoms with Crippen molar-refractivity contribution in [2.45, 2.75) is 69.6 Å². The zero-order valence-corrected chi connectivity index (χ0v) is 14.8. The lowest BCUT2D eigenvalue weighted by Crippen LogP contribution is -1.84. The molecule has 0 N–H and O–H groups in total. The Kier molecular flexibility index (Phi) is 8.48. The van der Waals surface area contributed by atoms with E-state index in [1.165, 1.54) is 79.2 Å². The number of hydrogen-bond donors (Lipinski definition) is 0. The average molecular weight is 315 g/mol. The van der Waals surface area contributed by atoms with Crippen molar-refractivity contribution in [2.24, 2.45) is 0 Å². The quantitative estimate of drug-likeness (QED) is 0.306. The van der Waals surface area contributed by atoms with Crippen LogP contribution in [0.2, 0.25) is 0 Å². The molecule has 0 bridgehead atoms. The fourth-order valence-corrected chi connectivity index (χ4v) is 4.00. The largest absolute Gasteiger partial charge is 0.126 e. The molecule has 2 rings (SSSR count). The second kappa shape index (κ2) is 10.7. The molecule has 0 radical (unpaired) electrons. The molecule has 120 valence electrons. The van der Waals surface area contributed by atoms with Crippen LogP contribution in [0.3, 0.4) is 0 Å². The van der Waals surface area contributed by atoms with Crippen LogP contribution in [0.4, 0.5) is 0 Å². The van der Waals surface area contributed by atoms with Gasteiger partial charge in [-0.05, 0) is 29.0 Å². The first kappa shape index (κ1) is 17.4. The van der Waals surface area contributed by atoms with Crippen LogP contribution in [-0.4, -0.2) is 5.75 Å². The first-order valence-electron chi connectivity index (χ1n) is 9.02. The van der Waals surface area contributed by atoms with E-state index in [0.29, 0.717) is 0 Å². The molecular formula is C21H30S. The van der Waals surface area contributed by atoms with Crippen molar-refractivity contribution in [1.82, 2.24) is 0 Å². The second-order valence-electron chi connectivity index (χ2n) is 6.15. The molecule has 0 atom stereocenters. The minimum atomic E-state index is 1.25. The van der Waals surface area contributed by atoms with Gasteiger partial charge in [0.15, 0.2) is 0 Å². The summed E-state index contributed by atoms with van der Waals surface area (Å²) in [7, 11) is 0. The van der Waals surface area contributed by atoms with Crippen molar-refractivity contribution in [3.8, 4) is 0 Å². The van der Waals surface area contributed by atoms with Crippen LogP contribution in [-0.2, 0) is 0 Å². The van der Waals surface area contributed by atoms with E-state index >= 15 is 0 Å². The maximum atomic E-state index is 2.29. The van der Waals surface area contributed by atoms with E-state index in [9.17, 15) is 0 Å². The highest BCUT2D eigenvalue weighted by Crippen LogP contribution is 2.28. The van der Waals surface area contributed by atoms with Crippen LogP contribution in [0, 0.1) is 0 Å². The smallest absolute Gasteiger partial charge is 0.0150 e. The van der Waals surface area contributed by atoms with Crippen molar-refractivity contribution in [3.05, 3.63) is 42.5 Å². The van der Waals surface area contributed by atoms with E-state index in [0.717, 1.165) is 0 Å². The summed E-state index contributed by atoms with van der Waals surface area (Å²) in [5, 5.41) is 2.77. The Morgan fingerprint density at radius 1 is 0.682 bits per heavy atom. The average Bonchev–Trinajstić information content (AvgIpc) is 2.56. The van der Waals surface area contributed by atoms with E-state index < -0.39 is 0 Å². The number of thioether (sulfide) groups is 1. The topological polar surface area (TPSA) is 0 Å². The number of rotatable bonds is 11. The highest BCUT2D eigenvalue weighted by molar-refractivity contribution is 7.99. The molecule has 0 aliphatic carbocycles. The summed E-state index contributed by atoms with van der Waals surface area (Å²) in [5.41, 5.74) is 0. The van der Waals surface area contributed by atoms with Gasteiger partial charge in [0.1, 0.15) is 0 Å². The SMILES string of the molecule is CCCCCCCCCCCSc1cccc2ccccc12. The standard InChI is InChI=1S/C21H30S/c1-2-3-4-5-6-7-8-9-12-18-22-21-17-13-15-19-14-10-11-16-20(19)21/h10-11,13-17H,2-9,12,18H2,1H3. The van der Waals surface area contributed by atoms with Crippen LogP contribution in [0.5, 0.6) is 0 Å². The second-order valence-corrected chi connectivity index (χ2v) is 7.29. The molecule has 0 saturated carbocycles. The van der Waals surface area contributed by atoms with Crippen LogP contribution in [0.15, 0.2) is 47.4 Å². The van der Waals surface area contributed by atoms with Gasteiger partial charge in [-0.15, -0.1) is 11.8 Å².